The minimum Gasteiger partial charge on any atom is -0.462 e. The van der Waals surface area contributed by atoms with Gasteiger partial charge in [0.15, 0.2) is 6.54 Å². The van der Waals surface area contributed by atoms with Gasteiger partial charge >= 0.3 is 5.97 Å². The predicted molar refractivity (Wildman–Crippen MR) is 92.1 cm³/mol. The number of quaternary nitrogens is 1. The van der Waals surface area contributed by atoms with E-state index in [0.717, 1.165) is 25.5 Å². The maximum atomic E-state index is 11.8. The fraction of sp³-hybridized carbons (Fsp3) is 0.947. The molecule has 4 heteroatoms. The molecule has 0 heterocycles. The van der Waals surface area contributed by atoms with Crippen molar-refractivity contribution in [2.45, 2.75) is 59.5 Å². The zero-order valence-corrected chi connectivity index (χ0v) is 16.0. The van der Waals surface area contributed by atoms with Gasteiger partial charge in [0.2, 0.25) is 0 Å². The molecule has 0 aliphatic heterocycles. The number of ether oxygens (including phenoxy) is 2. The normalized spacial score (nSPS) is 32.3. The molecule has 0 aromatic rings. The highest BCUT2D eigenvalue weighted by atomic mass is 16.5. The van der Waals surface area contributed by atoms with Gasteiger partial charge in [0.25, 0.3) is 0 Å². The third-order valence-electron chi connectivity index (χ3n) is 6.75. The molecule has 2 bridgehead atoms. The summed E-state index contributed by atoms with van der Waals surface area (Å²) in [5.41, 5.74) is 0.709. The monoisotopic (exact) mass is 326 g/mol. The number of fused-ring (bicyclic) bond motifs is 2. The van der Waals surface area contributed by atoms with E-state index in [1.807, 2.05) is 6.92 Å². The van der Waals surface area contributed by atoms with Gasteiger partial charge in [-0.3, -0.25) is 0 Å². The number of nitrogens with zero attached hydrogens (tertiary/aromatic N) is 1. The fourth-order valence-corrected chi connectivity index (χ4v) is 4.51. The van der Waals surface area contributed by atoms with Crippen LogP contribution >= 0.6 is 0 Å². The highest BCUT2D eigenvalue weighted by Gasteiger charge is 2.61. The molecule has 2 rings (SSSR count). The molecule has 0 radical (unpaired) electrons. The Kier molecular flexibility index (Phi) is 5.47. The average molecular weight is 327 g/mol. The molecule has 0 amide bonds. The Labute approximate surface area is 142 Å². The highest BCUT2D eigenvalue weighted by molar-refractivity contribution is 5.70. The lowest BCUT2D eigenvalue weighted by Gasteiger charge is -2.39. The van der Waals surface area contributed by atoms with Crippen LogP contribution in [0.3, 0.4) is 0 Å². The maximum Gasteiger partial charge on any atom is 0.361 e. The molecule has 2 fully saturated rings. The maximum absolute atomic E-state index is 11.8. The van der Waals surface area contributed by atoms with E-state index in [-0.39, 0.29) is 5.97 Å². The second-order valence-corrected chi connectivity index (χ2v) is 9.01. The molecule has 0 N–H and O–H groups in total. The van der Waals surface area contributed by atoms with Crippen LogP contribution in [0, 0.1) is 16.7 Å². The smallest absolute Gasteiger partial charge is 0.361 e. The van der Waals surface area contributed by atoms with Gasteiger partial charge in [-0.1, -0.05) is 27.7 Å². The van der Waals surface area contributed by atoms with E-state index in [9.17, 15) is 4.79 Å². The van der Waals surface area contributed by atoms with E-state index >= 15 is 0 Å². The number of esters is 1. The molecule has 0 aromatic carbocycles. The number of hydrogen-bond donors (Lipinski definition) is 0. The summed E-state index contributed by atoms with van der Waals surface area (Å²) in [4.78, 5) is 11.8. The van der Waals surface area contributed by atoms with Crippen molar-refractivity contribution in [3.63, 3.8) is 0 Å². The van der Waals surface area contributed by atoms with Gasteiger partial charge in [0.05, 0.1) is 33.4 Å². The van der Waals surface area contributed by atoms with Crippen LogP contribution in [0.2, 0.25) is 0 Å². The van der Waals surface area contributed by atoms with Crippen molar-refractivity contribution in [2.75, 3.05) is 40.4 Å². The van der Waals surface area contributed by atoms with Crippen molar-refractivity contribution in [3.05, 3.63) is 0 Å². The van der Waals surface area contributed by atoms with Crippen molar-refractivity contribution in [1.29, 1.82) is 0 Å². The van der Waals surface area contributed by atoms with E-state index in [1.165, 1.54) is 19.3 Å². The molecule has 3 atom stereocenters. The minimum absolute atomic E-state index is 0.107. The van der Waals surface area contributed by atoms with Gasteiger partial charge < -0.3 is 14.0 Å². The number of rotatable bonds is 8. The van der Waals surface area contributed by atoms with Crippen molar-refractivity contribution in [2.24, 2.45) is 16.7 Å². The van der Waals surface area contributed by atoms with Gasteiger partial charge in [-0.15, -0.1) is 0 Å². The highest BCUT2D eigenvalue weighted by Crippen LogP contribution is 2.66. The average Bonchev–Trinajstić information content (AvgIpc) is 2.77. The molecule has 2 aliphatic rings. The lowest BCUT2D eigenvalue weighted by Crippen LogP contribution is -2.47. The first kappa shape index (κ1) is 18.7. The van der Waals surface area contributed by atoms with E-state index < -0.39 is 0 Å². The quantitative estimate of drug-likeness (QED) is 0.507. The Morgan fingerprint density at radius 3 is 2.43 bits per heavy atom. The van der Waals surface area contributed by atoms with Crippen LogP contribution in [0.25, 0.3) is 0 Å². The summed E-state index contributed by atoms with van der Waals surface area (Å²) in [6, 6.07) is 0. The van der Waals surface area contributed by atoms with Crippen molar-refractivity contribution in [1.82, 2.24) is 0 Å². The van der Waals surface area contributed by atoms with Crippen LogP contribution in [0.5, 0.6) is 0 Å². The molecule has 0 unspecified atom stereocenters. The summed E-state index contributed by atoms with van der Waals surface area (Å²) >= 11 is 0. The summed E-state index contributed by atoms with van der Waals surface area (Å²) in [6.45, 7) is 11.8. The van der Waals surface area contributed by atoms with Gasteiger partial charge in [-0.05, 0) is 42.4 Å². The van der Waals surface area contributed by atoms with Crippen LogP contribution < -0.4 is 0 Å². The summed E-state index contributed by atoms with van der Waals surface area (Å²) in [6.07, 6.45) is 5.10. The molecule has 4 nitrogen and oxygen atoms in total. The molecular weight excluding hydrogens is 290 g/mol. The summed E-state index contributed by atoms with van der Waals surface area (Å²) in [5.74, 6) is 0.703. The van der Waals surface area contributed by atoms with Gasteiger partial charge in [-0.2, -0.15) is 0 Å². The van der Waals surface area contributed by atoms with Gasteiger partial charge in [0.1, 0.15) is 6.54 Å². The zero-order chi connectivity index (χ0) is 17.3. The second kappa shape index (κ2) is 6.72. The van der Waals surface area contributed by atoms with Gasteiger partial charge in [0, 0.05) is 0 Å². The van der Waals surface area contributed by atoms with E-state index in [2.05, 4.69) is 34.9 Å². The molecule has 134 valence electrons. The molecule has 0 spiro atoms. The first-order chi connectivity index (χ1) is 10.6. The number of carbonyl (C=O) groups excluding carboxylic acids is 1. The topological polar surface area (TPSA) is 35.5 Å². The number of carbonyl (C=O) groups is 1. The summed E-state index contributed by atoms with van der Waals surface area (Å²) in [5, 5.41) is 0. The van der Waals surface area contributed by atoms with Crippen LogP contribution in [0.4, 0.5) is 0 Å². The van der Waals surface area contributed by atoms with Crippen molar-refractivity contribution in [3.8, 4) is 0 Å². The standard InChI is InChI=1S/C19H36NO3/c1-7-11-23-17(21)14-20(5,6)10-12-22-16-13-15-8-9-19(16,4)18(15,2)3/h15-16H,7-14H2,1-6H3/q+1/t15-,16-,19-/m1/s1. The lowest BCUT2D eigenvalue weighted by molar-refractivity contribution is -0.883. The second-order valence-electron chi connectivity index (χ2n) is 9.01. The molecule has 23 heavy (non-hydrogen) atoms. The largest absolute Gasteiger partial charge is 0.462 e. The molecule has 2 aliphatic carbocycles. The van der Waals surface area contributed by atoms with Crippen LogP contribution in [-0.4, -0.2) is 57.0 Å². The lowest BCUT2D eigenvalue weighted by atomic mass is 9.70. The summed E-state index contributed by atoms with van der Waals surface area (Å²) in [7, 11) is 4.14. The van der Waals surface area contributed by atoms with Crippen molar-refractivity contribution < 1.29 is 18.8 Å². The third-order valence-corrected chi connectivity index (χ3v) is 6.75. The van der Waals surface area contributed by atoms with E-state index in [0.29, 0.717) is 34.6 Å². The Balaban J connectivity index is 1.78. The molecular formula is C19H36NO3+. The van der Waals surface area contributed by atoms with E-state index in [1.54, 1.807) is 0 Å². The van der Waals surface area contributed by atoms with Crippen LogP contribution in [0.15, 0.2) is 0 Å². The van der Waals surface area contributed by atoms with Crippen molar-refractivity contribution >= 4 is 5.97 Å². The zero-order valence-electron chi connectivity index (χ0n) is 16.0. The first-order valence-electron chi connectivity index (χ1n) is 9.21. The van der Waals surface area contributed by atoms with Gasteiger partial charge in [-0.25, -0.2) is 4.79 Å². The van der Waals surface area contributed by atoms with Crippen LogP contribution in [-0.2, 0) is 14.3 Å². The number of hydrogen-bond acceptors (Lipinski definition) is 3. The Morgan fingerprint density at radius 2 is 1.91 bits per heavy atom. The molecule has 0 aromatic heterocycles. The third kappa shape index (κ3) is 3.74. The predicted octanol–water partition coefficient (Wildman–Crippen LogP) is 3.25. The Morgan fingerprint density at radius 1 is 1.22 bits per heavy atom. The Hall–Kier alpha value is -0.610. The van der Waals surface area contributed by atoms with Crippen LogP contribution in [0.1, 0.15) is 53.4 Å². The van der Waals surface area contributed by atoms with E-state index in [4.69, 9.17) is 9.47 Å². The minimum atomic E-state index is -0.107. The molecule has 0 saturated heterocycles. The fourth-order valence-electron chi connectivity index (χ4n) is 4.51. The SMILES string of the molecule is CCCOC(=O)C[N+](C)(C)CCO[C@@H]1C[C@H]2CC[C@@]1(C)C2(C)C. The first-order valence-corrected chi connectivity index (χ1v) is 9.21. The number of likely N-dealkylation sites (N-methyl/N-ethyl adjacent to an activating group) is 1. The molecule has 2 saturated carbocycles. The summed E-state index contributed by atoms with van der Waals surface area (Å²) < 4.78 is 12.1. The Bertz CT molecular complexity index is 432.